The summed E-state index contributed by atoms with van der Waals surface area (Å²) in [6.45, 7) is 6.59. The third-order valence-corrected chi connectivity index (χ3v) is 3.31. The van der Waals surface area contributed by atoms with E-state index in [2.05, 4.69) is 18.7 Å². The largest absolute Gasteiger partial charge is 0.330 e. The molecule has 2 heteroatoms. The maximum Gasteiger partial charge on any atom is 0.00979 e. The van der Waals surface area contributed by atoms with Crippen LogP contribution in [0, 0.1) is 0 Å². The molecule has 0 aliphatic heterocycles. The van der Waals surface area contributed by atoms with E-state index >= 15 is 0 Å². The first kappa shape index (κ1) is 11.0. The van der Waals surface area contributed by atoms with Gasteiger partial charge in [0.05, 0.1) is 0 Å². The lowest BCUT2D eigenvalue weighted by Gasteiger charge is -2.33. The van der Waals surface area contributed by atoms with E-state index in [1.165, 1.54) is 32.2 Å². The molecule has 1 saturated carbocycles. The zero-order chi connectivity index (χ0) is 9.68. The van der Waals surface area contributed by atoms with Gasteiger partial charge < -0.3 is 5.73 Å². The normalized spacial score (nSPS) is 21.2. The maximum absolute atomic E-state index is 5.59. The van der Waals surface area contributed by atoms with Gasteiger partial charge in [0, 0.05) is 12.1 Å². The Balaban J connectivity index is 2.39. The quantitative estimate of drug-likeness (QED) is 0.708. The molecule has 0 saturated heterocycles. The van der Waals surface area contributed by atoms with Crippen molar-refractivity contribution in [3.63, 3.8) is 0 Å². The van der Waals surface area contributed by atoms with Crippen LogP contribution in [0.3, 0.4) is 0 Å². The van der Waals surface area contributed by atoms with Gasteiger partial charge in [-0.2, -0.15) is 0 Å². The first-order chi connectivity index (χ1) is 6.29. The lowest BCUT2D eigenvalue weighted by molar-refractivity contribution is 0.148. The average molecular weight is 184 g/mol. The van der Waals surface area contributed by atoms with Gasteiger partial charge in [-0.15, -0.1) is 0 Å². The van der Waals surface area contributed by atoms with E-state index < -0.39 is 0 Å². The average Bonchev–Trinajstić information content (AvgIpc) is 2.59. The van der Waals surface area contributed by atoms with Crippen LogP contribution in [0.15, 0.2) is 0 Å². The van der Waals surface area contributed by atoms with E-state index in [1.54, 1.807) is 0 Å². The standard InChI is InChI=1S/C11H24N2/c1-3-13(10(2)8-9-12)11-6-4-5-7-11/h10-11H,3-9,12H2,1-2H3. The highest BCUT2D eigenvalue weighted by molar-refractivity contribution is 4.80. The summed E-state index contributed by atoms with van der Waals surface area (Å²) in [5, 5.41) is 0. The predicted molar refractivity (Wildman–Crippen MR) is 57.8 cm³/mol. The Labute approximate surface area is 82.5 Å². The summed E-state index contributed by atoms with van der Waals surface area (Å²) >= 11 is 0. The van der Waals surface area contributed by atoms with Gasteiger partial charge in [0.2, 0.25) is 0 Å². The van der Waals surface area contributed by atoms with E-state index in [9.17, 15) is 0 Å². The molecule has 2 nitrogen and oxygen atoms in total. The van der Waals surface area contributed by atoms with Gasteiger partial charge in [0.25, 0.3) is 0 Å². The molecular formula is C11H24N2. The Morgan fingerprint density at radius 3 is 2.46 bits per heavy atom. The number of hydrogen-bond acceptors (Lipinski definition) is 2. The smallest absolute Gasteiger partial charge is 0.00979 e. The number of rotatable bonds is 5. The lowest BCUT2D eigenvalue weighted by atomic mass is 10.1. The molecule has 0 heterocycles. The van der Waals surface area contributed by atoms with Crippen molar-refractivity contribution < 1.29 is 0 Å². The van der Waals surface area contributed by atoms with E-state index in [1.807, 2.05) is 0 Å². The van der Waals surface area contributed by atoms with Gasteiger partial charge in [-0.05, 0) is 39.3 Å². The summed E-state index contributed by atoms with van der Waals surface area (Å²) in [7, 11) is 0. The van der Waals surface area contributed by atoms with Crippen LogP contribution in [0.5, 0.6) is 0 Å². The van der Waals surface area contributed by atoms with Crippen LogP contribution in [0.4, 0.5) is 0 Å². The molecule has 1 atom stereocenters. The summed E-state index contributed by atoms with van der Waals surface area (Å²) in [5.41, 5.74) is 5.59. The first-order valence-electron chi connectivity index (χ1n) is 5.75. The van der Waals surface area contributed by atoms with Gasteiger partial charge in [-0.3, -0.25) is 4.90 Å². The zero-order valence-electron chi connectivity index (χ0n) is 9.13. The van der Waals surface area contributed by atoms with Crippen LogP contribution in [0.2, 0.25) is 0 Å². The summed E-state index contributed by atoms with van der Waals surface area (Å²) in [6.07, 6.45) is 6.81. The number of nitrogens with zero attached hydrogens (tertiary/aromatic N) is 1. The maximum atomic E-state index is 5.59. The summed E-state index contributed by atoms with van der Waals surface area (Å²) in [6, 6.07) is 1.53. The highest BCUT2D eigenvalue weighted by Crippen LogP contribution is 2.25. The minimum Gasteiger partial charge on any atom is -0.330 e. The lowest BCUT2D eigenvalue weighted by Crippen LogP contribution is -2.41. The molecule has 1 fully saturated rings. The van der Waals surface area contributed by atoms with Crippen LogP contribution in [-0.2, 0) is 0 Å². The minimum absolute atomic E-state index is 0.679. The van der Waals surface area contributed by atoms with Gasteiger partial charge in [0.15, 0.2) is 0 Å². The molecule has 13 heavy (non-hydrogen) atoms. The van der Waals surface area contributed by atoms with Crippen LogP contribution >= 0.6 is 0 Å². The molecular weight excluding hydrogens is 160 g/mol. The predicted octanol–water partition coefficient (Wildman–Crippen LogP) is 1.99. The van der Waals surface area contributed by atoms with Gasteiger partial charge >= 0.3 is 0 Å². The summed E-state index contributed by atoms with van der Waals surface area (Å²) < 4.78 is 0. The zero-order valence-corrected chi connectivity index (χ0v) is 9.13. The molecule has 0 aromatic heterocycles. The Hall–Kier alpha value is -0.0800. The van der Waals surface area contributed by atoms with Crippen molar-refractivity contribution in [1.29, 1.82) is 0 Å². The molecule has 2 N–H and O–H groups in total. The van der Waals surface area contributed by atoms with Crippen molar-refractivity contribution in [1.82, 2.24) is 4.90 Å². The van der Waals surface area contributed by atoms with Crippen molar-refractivity contribution in [3.8, 4) is 0 Å². The van der Waals surface area contributed by atoms with E-state index in [-0.39, 0.29) is 0 Å². The van der Waals surface area contributed by atoms with E-state index in [0.29, 0.717) is 6.04 Å². The third kappa shape index (κ3) is 2.96. The Bertz CT molecular complexity index is 130. The highest BCUT2D eigenvalue weighted by atomic mass is 15.2. The fraction of sp³-hybridized carbons (Fsp3) is 1.00. The molecule has 0 aromatic rings. The second kappa shape index (κ2) is 5.61. The Morgan fingerprint density at radius 2 is 2.00 bits per heavy atom. The van der Waals surface area contributed by atoms with Crippen LogP contribution in [0.25, 0.3) is 0 Å². The van der Waals surface area contributed by atoms with Gasteiger partial charge in [0.1, 0.15) is 0 Å². The Morgan fingerprint density at radius 1 is 1.38 bits per heavy atom. The van der Waals surface area contributed by atoms with Gasteiger partial charge in [-0.25, -0.2) is 0 Å². The second-order valence-electron chi connectivity index (χ2n) is 4.20. The van der Waals surface area contributed by atoms with E-state index in [0.717, 1.165) is 19.0 Å². The van der Waals surface area contributed by atoms with Crippen LogP contribution in [-0.4, -0.2) is 30.1 Å². The Kier molecular flexibility index (Phi) is 4.74. The molecule has 78 valence electrons. The fourth-order valence-electron chi connectivity index (χ4n) is 2.57. The monoisotopic (exact) mass is 184 g/mol. The molecule has 0 aromatic carbocycles. The summed E-state index contributed by atoms with van der Waals surface area (Å²) in [4.78, 5) is 2.64. The molecule has 1 aliphatic rings. The van der Waals surface area contributed by atoms with Crippen LogP contribution < -0.4 is 5.73 Å². The van der Waals surface area contributed by atoms with Crippen LogP contribution in [0.1, 0.15) is 46.0 Å². The molecule has 0 radical (unpaired) electrons. The van der Waals surface area contributed by atoms with Crippen molar-refractivity contribution in [2.45, 2.75) is 58.0 Å². The number of hydrogen-bond donors (Lipinski definition) is 1. The fourth-order valence-corrected chi connectivity index (χ4v) is 2.57. The first-order valence-corrected chi connectivity index (χ1v) is 5.75. The van der Waals surface area contributed by atoms with Crippen molar-refractivity contribution in [2.24, 2.45) is 5.73 Å². The molecule has 1 rings (SSSR count). The topological polar surface area (TPSA) is 29.3 Å². The molecule has 1 unspecified atom stereocenters. The molecule has 0 amide bonds. The molecule has 0 bridgehead atoms. The third-order valence-electron chi connectivity index (χ3n) is 3.31. The van der Waals surface area contributed by atoms with E-state index in [4.69, 9.17) is 5.73 Å². The number of nitrogens with two attached hydrogens (primary N) is 1. The minimum atomic E-state index is 0.679. The van der Waals surface area contributed by atoms with Crippen molar-refractivity contribution in [2.75, 3.05) is 13.1 Å². The van der Waals surface area contributed by atoms with Crippen molar-refractivity contribution >= 4 is 0 Å². The second-order valence-corrected chi connectivity index (χ2v) is 4.20. The SMILES string of the molecule is CCN(C(C)CCN)C1CCCC1. The van der Waals surface area contributed by atoms with Crippen molar-refractivity contribution in [3.05, 3.63) is 0 Å². The summed E-state index contributed by atoms with van der Waals surface area (Å²) in [5.74, 6) is 0. The molecule has 1 aliphatic carbocycles. The molecule has 0 spiro atoms. The van der Waals surface area contributed by atoms with Gasteiger partial charge in [-0.1, -0.05) is 19.8 Å². The highest BCUT2D eigenvalue weighted by Gasteiger charge is 2.24.